The lowest BCUT2D eigenvalue weighted by Crippen LogP contribution is -2.13. The molecule has 3 aromatic carbocycles. The van der Waals surface area contributed by atoms with Crippen molar-refractivity contribution in [3.05, 3.63) is 95.6 Å². The third-order valence-corrected chi connectivity index (χ3v) is 3.68. The van der Waals surface area contributed by atoms with E-state index in [-0.39, 0.29) is 12.5 Å². The van der Waals surface area contributed by atoms with E-state index >= 15 is 0 Å². The second-order valence-corrected chi connectivity index (χ2v) is 5.37. The fourth-order valence-electron chi connectivity index (χ4n) is 2.41. The fourth-order valence-corrected chi connectivity index (χ4v) is 2.41. The van der Waals surface area contributed by atoms with Crippen LogP contribution in [0.2, 0.25) is 0 Å². The van der Waals surface area contributed by atoms with Crippen LogP contribution in [0.15, 0.2) is 78.9 Å². The van der Waals surface area contributed by atoms with Gasteiger partial charge in [0.2, 0.25) is 0 Å². The summed E-state index contributed by atoms with van der Waals surface area (Å²) < 4.78 is 5.81. The van der Waals surface area contributed by atoms with Crippen LogP contribution in [0, 0.1) is 11.3 Å². The van der Waals surface area contributed by atoms with Gasteiger partial charge < -0.3 is 10.1 Å². The normalized spacial score (nSPS) is 9.88. The molecule has 122 valence electrons. The molecule has 0 aromatic heterocycles. The third-order valence-electron chi connectivity index (χ3n) is 3.68. The van der Waals surface area contributed by atoms with Gasteiger partial charge in [0.15, 0.2) is 0 Å². The number of rotatable bonds is 5. The zero-order valence-electron chi connectivity index (χ0n) is 13.5. The molecule has 0 aliphatic rings. The highest BCUT2D eigenvalue weighted by atomic mass is 16.5. The maximum Gasteiger partial charge on any atom is 0.259 e. The van der Waals surface area contributed by atoms with Crippen LogP contribution in [-0.2, 0) is 6.61 Å². The maximum atomic E-state index is 12.5. The molecule has 0 radical (unpaired) electrons. The van der Waals surface area contributed by atoms with Crippen molar-refractivity contribution >= 4 is 11.6 Å². The van der Waals surface area contributed by atoms with Gasteiger partial charge in [-0.15, -0.1) is 0 Å². The molecule has 0 atom stereocenters. The Hall–Kier alpha value is -3.58. The summed E-state index contributed by atoms with van der Waals surface area (Å²) in [5.41, 5.74) is 2.51. The van der Waals surface area contributed by atoms with Crippen LogP contribution < -0.4 is 10.1 Å². The smallest absolute Gasteiger partial charge is 0.259 e. The van der Waals surface area contributed by atoms with Crippen molar-refractivity contribution in [1.29, 1.82) is 5.26 Å². The molecule has 0 heterocycles. The molecule has 4 nitrogen and oxygen atoms in total. The summed E-state index contributed by atoms with van der Waals surface area (Å²) in [7, 11) is 0. The number of nitrogens with one attached hydrogen (secondary N) is 1. The van der Waals surface area contributed by atoms with Crippen LogP contribution in [0.25, 0.3) is 0 Å². The number of nitrogens with zero attached hydrogens (tertiary/aromatic N) is 1. The van der Waals surface area contributed by atoms with Gasteiger partial charge in [-0.1, -0.05) is 48.5 Å². The van der Waals surface area contributed by atoms with Crippen molar-refractivity contribution in [2.45, 2.75) is 6.61 Å². The van der Waals surface area contributed by atoms with Crippen LogP contribution in [-0.4, -0.2) is 5.91 Å². The number of amides is 1. The average molecular weight is 328 g/mol. The second-order valence-electron chi connectivity index (χ2n) is 5.37. The molecule has 25 heavy (non-hydrogen) atoms. The zero-order valence-corrected chi connectivity index (χ0v) is 13.5. The zero-order chi connectivity index (χ0) is 17.5. The predicted octanol–water partition coefficient (Wildman–Crippen LogP) is 4.39. The van der Waals surface area contributed by atoms with E-state index < -0.39 is 0 Å². The van der Waals surface area contributed by atoms with Crippen LogP contribution in [0.1, 0.15) is 21.5 Å². The Morgan fingerprint density at radius 3 is 2.40 bits per heavy atom. The fraction of sp³-hybridized carbons (Fsp3) is 0.0476. The highest BCUT2D eigenvalue weighted by molar-refractivity contribution is 6.06. The minimum Gasteiger partial charge on any atom is -0.488 e. The highest BCUT2D eigenvalue weighted by Crippen LogP contribution is 2.21. The van der Waals surface area contributed by atoms with Gasteiger partial charge in [-0.2, -0.15) is 5.26 Å². The molecule has 3 aromatic rings. The van der Waals surface area contributed by atoms with E-state index in [0.29, 0.717) is 16.9 Å². The van der Waals surface area contributed by atoms with Gasteiger partial charge in [-0.05, 0) is 30.3 Å². The monoisotopic (exact) mass is 328 g/mol. The summed E-state index contributed by atoms with van der Waals surface area (Å²) in [4.78, 5) is 12.5. The highest BCUT2D eigenvalue weighted by Gasteiger charge is 2.13. The van der Waals surface area contributed by atoms with Gasteiger partial charge >= 0.3 is 0 Å². The summed E-state index contributed by atoms with van der Waals surface area (Å²) in [6.45, 7) is 0.222. The first-order chi connectivity index (χ1) is 12.3. The van der Waals surface area contributed by atoms with E-state index in [1.165, 1.54) is 0 Å². The van der Waals surface area contributed by atoms with Crippen LogP contribution in [0.5, 0.6) is 5.75 Å². The molecule has 0 saturated heterocycles. The standard InChI is InChI=1S/C21H16N2O2/c22-14-16-8-4-5-9-17(16)15-25-20-13-7-6-12-19(20)21(24)23-18-10-2-1-3-11-18/h1-13H,15H2,(H,23,24). The number of carbonyl (C=O) groups excluding carboxylic acids is 1. The van der Waals surface area contributed by atoms with Crippen molar-refractivity contribution in [2.24, 2.45) is 0 Å². The maximum absolute atomic E-state index is 12.5. The molecule has 0 aliphatic heterocycles. The molecule has 1 N–H and O–H groups in total. The Balaban J connectivity index is 1.77. The summed E-state index contributed by atoms with van der Waals surface area (Å²) in [6.07, 6.45) is 0. The molecule has 0 fully saturated rings. The van der Waals surface area contributed by atoms with Crippen molar-refractivity contribution in [2.75, 3.05) is 5.32 Å². The Kier molecular flexibility index (Phi) is 5.08. The van der Waals surface area contributed by atoms with E-state index in [1.807, 2.05) is 54.6 Å². The van der Waals surface area contributed by atoms with E-state index in [2.05, 4.69) is 11.4 Å². The Labute approximate surface area is 146 Å². The lowest BCUT2D eigenvalue weighted by molar-refractivity contribution is 0.102. The van der Waals surface area contributed by atoms with E-state index in [9.17, 15) is 4.79 Å². The quantitative estimate of drug-likeness (QED) is 0.755. The number of benzene rings is 3. The molecule has 0 spiro atoms. The number of nitriles is 1. The van der Waals surface area contributed by atoms with E-state index in [1.54, 1.807) is 24.3 Å². The van der Waals surface area contributed by atoms with Gasteiger partial charge in [0.1, 0.15) is 12.4 Å². The summed E-state index contributed by atoms with van der Waals surface area (Å²) in [6, 6.07) is 25.7. The number of carbonyl (C=O) groups is 1. The van der Waals surface area contributed by atoms with Gasteiger partial charge in [0, 0.05) is 11.3 Å². The first-order valence-corrected chi connectivity index (χ1v) is 7.84. The number of ether oxygens (including phenoxy) is 1. The SMILES string of the molecule is N#Cc1ccccc1COc1ccccc1C(=O)Nc1ccccc1. The molecule has 0 unspecified atom stereocenters. The lowest BCUT2D eigenvalue weighted by Gasteiger charge is -2.12. The van der Waals surface area contributed by atoms with Gasteiger partial charge in [-0.25, -0.2) is 0 Å². The molecular formula is C21H16N2O2. The Bertz CT molecular complexity index is 914. The molecular weight excluding hydrogens is 312 g/mol. The summed E-state index contributed by atoms with van der Waals surface area (Å²) in [5.74, 6) is 0.235. The Morgan fingerprint density at radius 1 is 0.920 bits per heavy atom. The number of anilines is 1. The molecule has 0 aliphatic carbocycles. The number of hydrogen-bond donors (Lipinski definition) is 1. The van der Waals surface area contributed by atoms with Crippen LogP contribution in [0.4, 0.5) is 5.69 Å². The van der Waals surface area contributed by atoms with Crippen molar-refractivity contribution < 1.29 is 9.53 Å². The topological polar surface area (TPSA) is 62.1 Å². The van der Waals surface area contributed by atoms with E-state index in [0.717, 1.165) is 11.3 Å². The van der Waals surface area contributed by atoms with Crippen molar-refractivity contribution in [1.82, 2.24) is 0 Å². The minimum absolute atomic E-state index is 0.222. The number of para-hydroxylation sites is 2. The summed E-state index contributed by atoms with van der Waals surface area (Å²) >= 11 is 0. The first kappa shape index (κ1) is 16.3. The van der Waals surface area contributed by atoms with Crippen molar-refractivity contribution in [3.8, 4) is 11.8 Å². The molecule has 3 rings (SSSR count). The first-order valence-electron chi connectivity index (χ1n) is 7.84. The van der Waals surface area contributed by atoms with E-state index in [4.69, 9.17) is 10.00 Å². The van der Waals surface area contributed by atoms with Gasteiger partial charge in [0.25, 0.3) is 5.91 Å². The van der Waals surface area contributed by atoms with Crippen molar-refractivity contribution in [3.63, 3.8) is 0 Å². The van der Waals surface area contributed by atoms with Gasteiger partial charge in [-0.3, -0.25) is 4.79 Å². The summed E-state index contributed by atoms with van der Waals surface area (Å²) in [5, 5.41) is 12.0. The molecule has 1 amide bonds. The molecule has 0 bridgehead atoms. The van der Waals surface area contributed by atoms with Crippen LogP contribution in [0.3, 0.4) is 0 Å². The lowest BCUT2D eigenvalue weighted by atomic mass is 10.1. The van der Waals surface area contributed by atoms with Gasteiger partial charge in [0.05, 0.1) is 17.2 Å². The third kappa shape index (κ3) is 4.04. The van der Waals surface area contributed by atoms with Crippen LogP contribution >= 0.6 is 0 Å². The largest absolute Gasteiger partial charge is 0.488 e. The Morgan fingerprint density at radius 2 is 1.60 bits per heavy atom. The predicted molar refractivity (Wildman–Crippen MR) is 96.3 cm³/mol. The molecule has 4 heteroatoms. The number of hydrogen-bond acceptors (Lipinski definition) is 3. The minimum atomic E-state index is -0.240. The average Bonchev–Trinajstić information content (AvgIpc) is 2.67. The molecule has 0 saturated carbocycles. The second kappa shape index (κ2) is 7.80.